The van der Waals surface area contributed by atoms with Crippen LogP contribution in [-0.4, -0.2) is 25.2 Å². The van der Waals surface area contributed by atoms with Crippen LogP contribution in [0.4, 0.5) is 8.78 Å². The van der Waals surface area contributed by atoms with Crippen molar-refractivity contribution >= 4 is 5.96 Å². The van der Waals surface area contributed by atoms with E-state index < -0.39 is 6.61 Å². The number of alkyl halides is 2. The van der Waals surface area contributed by atoms with E-state index in [4.69, 9.17) is 0 Å². The monoisotopic (exact) mass is 297 g/mol. The number of guanidine groups is 1. The molecule has 0 spiro atoms. The predicted octanol–water partition coefficient (Wildman–Crippen LogP) is 2.75. The Morgan fingerprint density at radius 1 is 1.48 bits per heavy atom. The first-order valence-electron chi connectivity index (χ1n) is 7.17. The van der Waals surface area contributed by atoms with E-state index in [2.05, 4.69) is 27.3 Å². The lowest BCUT2D eigenvalue weighted by Crippen LogP contribution is -2.39. The Morgan fingerprint density at radius 2 is 2.24 bits per heavy atom. The average molecular weight is 297 g/mol. The smallest absolute Gasteiger partial charge is 0.387 e. The lowest BCUT2D eigenvalue weighted by atomic mass is 10.2. The molecule has 1 aromatic rings. The van der Waals surface area contributed by atoms with Crippen molar-refractivity contribution in [1.82, 2.24) is 10.6 Å². The second-order valence-electron chi connectivity index (χ2n) is 5.18. The summed E-state index contributed by atoms with van der Waals surface area (Å²) in [4.78, 5) is 4.47. The number of ether oxygens (including phenoxy) is 1. The molecular weight excluding hydrogens is 276 g/mol. The van der Waals surface area contributed by atoms with Crippen molar-refractivity contribution in [3.63, 3.8) is 0 Å². The van der Waals surface area contributed by atoms with Gasteiger partial charge in [-0.2, -0.15) is 8.78 Å². The molecule has 1 aliphatic carbocycles. The first-order valence-corrected chi connectivity index (χ1v) is 7.17. The van der Waals surface area contributed by atoms with Gasteiger partial charge in [0.15, 0.2) is 5.96 Å². The van der Waals surface area contributed by atoms with E-state index in [1.807, 2.05) is 13.0 Å². The fourth-order valence-electron chi connectivity index (χ4n) is 2.01. The van der Waals surface area contributed by atoms with Crippen LogP contribution in [-0.2, 0) is 6.54 Å². The van der Waals surface area contributed by atoms with Gasteiger partial charge in [-0.25, -0.2) is 4.99 Å². The lowest BCUT2D eigenvalue weighted by Gasteiger charge is -2.11. The van der Waals surface area contributed by atoms with Gasteiger partial charge in [0.1, 0.15) is 5.75 Å². The molecule has 4 nitrogen and oxygen atoms in total. The van der Waals surface area contributed by atoms with Crippen molar-refractivity contribution in [2.24, 2.45) is 10.9 Å². The summed E-state index contributed by atoms with van der Waals surface area (Å²) in [5.41, 5.74) is 0.828. The zero-order chi connectivity index (χ0) is 15.2. The quantitative estimate of drug-likeness (QED) is 0.627. The minimum absolute atomic E-state index is 0.159. The highest BCUT2D eigenvalue weighted by Gasteiger charge is 2.33. The maximum Gasteiger partial charge on any atom is 0.387 e. The van der Waals surface area contributed by atoms with Gasteiger partial charge in [0, 0.05) is 12.6 Å². The third kappa shape index (κ3) is 5.21. The molecule has 1 aliphatic rings. The summed E-state index contributed by atoms with van der Waals surface area (Å²) in [6, 6.07) is 7.10. The Balaban J connectivity index is 1.96. The van der Waals surface area contributed by atoms with Crippen molar-refractivity contribution in [3.8, 4) is 5.75 Å². The fourth-order valence-corrected chi connectivity index (χ4v) is 2.01. The molecule has 2 N–H and O–H groups in total. The molecule has 0 amide bonds. The summed E-state index contributed by atoms with van der Waals surface area (Å²) >= 11 is 0. The van der Waals surface area contributed by atoms with Crippen LogP contribution in [0.1, 0.15) is 25.8 Å². The van der Waals surface area contributed by atoms with Crippen LogP contribution in [0.25, 0.3) is 0 Å². The van der Waals surface area contributed by atoms with Gasteiger partial charge in [0.2, 0.25) is 0 Å². The number of rotatable bonds is 6. The SMILES string of the molecule is CCNC(=NCc1cccc(OC(F)F)c1)NC1CC1C. The molecule has 6 heteroatoms. The van der Waals surface area contributed by atoms with Crippen LogP contribution in [0.15, 0.2) is 29.3 Å². The highest BCUT2D eigenvalue weighted by molar-refractivity contribution is 5.80. The normalized spacial score (nSPS) is 21.3. The summed E-state index contributed by atoms with van der Waals surface area (Å²) in [7, 11) is 0. The highest BCUT2D eigenvalue weighted by Crippen LogP contribution is 2.28. The summed E-state index contributed by atoms with van der Waals surface area (Å²) in [6.07, 6.45) is 1.15. The zero-order valence-electron chi connectivity index (χ0n) is 12.3. The number of aliphatic imine (C=N–C) groups is 1. The Bertz CT molecular complexity index is 494. The van der Waals surface area contributed by atoms with E-state index in [9.17, 15) is 8.78 Å². The predicted molar refractivity (Wildman–Crippen MR) is 78.6 cm³/mol. The molecule has 2 rings (SSSR count). The van der Waals surface area contributed by atoms with Crippen molar-refractivity contribution in [2.45, 2.75) is 39.5 Å². The summed E-state index contributed by atoms with van der Waals surface area (Å²) in [5.74, 6) is 1.59. The first-order chi connectivity index (χ1) is 10.1. The Morgan fingerprint density at radius 3 is 2.86 bits per heavy atom. The number of halogens is 2. The Hall–Kier alpha value is -1.85. The number of hydrogen-bond acceptors (Lipinski definition) is 2. The van der Waals surface area contributed by atoms with E-state index in [0.29, 0.717) is 18.5 Å². The van der Waals surface area contributed by atoms with Gasteiger partial charge in [-0.3, -0.25) is 0 Å². The van der Waals surface area contributed by atoms with Crippen molar-refractivity contribution in [2.75, 3.05) is 6.54 Å². The second-order valence-corrected chi connectivity index (χ2v) is 5.18. The van der Waals surface area contributed by atoms with E-state index >= 15 is 0 Å². The van der Waals surface area contributed by atoms with Crippen LogP contribution < -0.4 is 15.4 Å². The molecule has 0 saturated heterocycles. The van der Waals surface area contributed by atoms with Gasteiger partial charge >= 0.3 is 6.61 Å². The van der Waals surface area contributed by atoms with Gasteiger partial charge in [0.25, 0.3) is 0 Å². The van der Waals surface area contributed by atoms with E-state index in [0.717, 1.165) is 24.5 Å². The van der Waals surface area contributed by atoms with Crippen molar-refractivity contribution in [1.29, 1.82) is 0 Å². The van der Waals surface area contributed by atoms with Gasteiger partial charge in [0.05, 0.1) is 6.54 Å². The molecule has 0 aromatic heterocycles. The molecule has 1 saturated carbocycles. The average Bonchev–Trinajstić information content (AvgIpc) is 3.11. The van der Waals surface area contributed by atoms with Gasteiger partial charge in [-0.1, -0.05) is 19.1 Å². The summed E-state index contributed by atoms with van der Waals surface area (Å²) < 4.78 is 28.8. The second kappa shape index (κ2) is 7.24. The van der Waals surface area contributed by atoms with Crippen LogP contribution >= 0.6 is 0 Å². The maximum atomic E-state index is 12.2. The summed E-state index contributed by atoms with van der Waals surface area (Å²) in [5, 5.41) is 6.53. The Kier molecular flexibility index (Phi) is 5.36. The molecule has 0 heterocycles. The third-order valence-corrected chi connectivity index (χ3v) is 3.32. The zero-order valence-corrected chi connectivity index (χ0v) is 12.3. The highest BCUT2D eigenvalue weighted by atomic mass is 19.3. The van der Waals surface area contributed by atoms with Gasteiger partial charge in [-0.05, 0) is 37.0 Å². The van der Waals surface area contributed by atoms with Gasteiger partial charge < -0.3 is 15.4 Å². The number of nitrogens with zero attached hydrogens (tertiary/aromatic N) is 1. The molecule has 0 aliphatic heterocycles. The molecule has 21 heavy (non-hydrogen) atoms. The molecular formula is C15H21F2N3O. The van der Waals surface area contributed by atoms with E-state index in [1.54, 1.807) is 12.1 Å². The molecule has 1 aromatic carbocycles. The number of benzene rings is 1. The molecule has 0 bridgehead atoms. The van der Waals surface area contributed by atoms with Crippen molar-refractivity contribution in [3.05, 3.63) is 29.8 Å². The van der Waals surface area contributed by atoms with Crippen LogP contribution in [0.3, 0.4) is 0 Å². The topological polar surface area (TPSA) is 45.7 Å². The largest absolute Gasteiger partial charge is 0.435 e. The maximum absolute atomic E-state index is 12.2. The molecule has 116 valence electrons. The standard InChI is InChI=1S/C15H21F2N3O/c1-3-18-15(20-13-7-10(13)2)19-9-11-5-4-6-12(8-11)21-14(16)17/h4-6,8,10,13-14H,3,7,9H2,1-2H3,(H2,18,19,20). The lowest BCUT2D eigenvalue weighted by molar-refractivity contribution is -0.0498. The molecule has 1 fully saturated rings. The Labute approximate surface area is 123 Å². The third-order valence-electron chi connectivity index (χ3n) is 3.32. The fraction of sp³-hybridized carbons (Fsp3) is 0.533. The van der Waals surface area contributed by atoms with Crippen LogP contribution in [0.2, 0.25) is 0 Å². The molecule has 2 unspecified atom stereocenters. The van der Waals surface area contributed by atoms with Crippen molar-refractivity contribution < 1.29 is 13.5 Å². The molecule has 2 atom stereocenters. The number of nitrogens with one attached hydrogen (secondary N) is 2. The van der Waals surface area contributed by atoms with E-state index in [1.165, 1.54) is 6.07 Å². The first kappa shape index (κ1) is 15.5. The van der Waals surface area contributed by atoms with Crippen LogP contribution in [0, 0.1) is 5.92 Å². The van der Waals surface area contributed by atoms with Crippen LogP contribution in [0.5, 0.6) is 5.75 Å². The summed E-state index contributed by atoms with van der Waals surface area (Å²) in [6.45, 7) is 2.58. The number of hydrogen-bond donors (Lipinski definition) is 2. The molecule has 0 radical (unpaired) electrons. The van der Waals surface area contributed by atoms with Gasteiger partial charge in [-0.15, -0.1) is 0 Å². The minimum atomic E-state index is -2.81. The van der Waals surface area contributed by atoms with E-state index in [-0.39, 0.29) is 5.75 Å². The minimum Gasteiger partial charge on any atom is -0.435 e.